The first-order valence-corrected chi connectivity index (χ1v) is 10.9. The zero-order valence-electron chi connectivity index (χ0n) is 17.9. The molecule has 2 heterocycles. The summed E-state index contributed by atoms with van der Waals surface area (Å²) < 4.78 is 15.3. The number of carbonyl (C=O) groups is 3. The molecular formula is C22H23N3O6S. The highest BCUT2D eigenvalue weighted by molar-refractivity contribution is 7.15. The van der Waals surface area contributed by atoms with E-state index in [2.05, 4.69) is 15.8 Å². The lowest BCUT2D eigenvalue weighted by atomic mass is 10.1. The van der Waals surface area contributed by atoms with E-state index in [0.717, 1.165) is 11.3 Å². The molecule has 2 aromatic heterocycles. The van der Waals surface area contributed by atoms with Crippen molar-refractivity contribution in [1.29, 1.82) is 0 Å². The monoisotopic (exact) mass is 457 g/mol. The zero-order valence-corrected chi connectivity index (χ0v) is 18.7. The highest BCUT2D eigenvalue weighted by Gasteiger charge is 2.26. The van der Waals surface area contributed by atoms with E-state index in [1.807, 2.05) is 18.2 Å². The number of rotatable bonds is 9. The molecule has 0 aliphatic rings. The Hall–Kier alpha value is -3.66. The van der Waals surface area contributed by atoms with Crippen LogP contribution in [0.1, 0.15) is 51.8 Å². The standard InChI is InChI=1S/C22H23N3O6S/c1-4-29-20(26)14-11-23-16-10-8-7-9-13(16)18(14)24-25-19-17(22(28)31-6-3)15(12-32-19)21(27)30-5-2/h7-12,25H,4-6H2,1-3H3,(H,23,24). The van der Waals surface area contributed by atoms with Crippen LogP contribution in [0.4, 0.5) is 10.7 Å². The first-order valence-electron chi connectivity index (χ1n) is 10.0. The SMILES string of the molecule is CCOC(=O)c1csc(NNc2c(C(=O)OCC)cnc3ccccc23)c1C(=O)OCC. The molecule has 0 amide bonds. The minimum atomic E-state index is -0.661. The maximum absolute atomic E-state index is 12.6. The van der Waals surface area contributed by atoms with Crippen LogP contribution in [-0.4, -0.2) is 42.7 Å². The average Bonchev–Trinajstić information content (AvgIpc) is 3.22. The number of hydrogen-bond acceptors (Lipinski definition) is 10. The molecular weight excluding hydrogens is 434 g/mol. The van der Waals surface area contributed by atoms with E-state index in [0.29, 0.717) is 21.6 Å². The summed E-state index contributed by atoms with van der Waals surface area (Å²) in [5, 5.41) is 2.53. The van der Waals surface area contributed by atoms with Gasteiger partial charge < -0.3 is 14.2 Å². The number of nitrogens with one attached hydrogen (secondary N) is 2. The second-order valence-electron chi connectivity index (χ2n) is 6.33. The molecule has 0 aliphatic carbocycles. The molecule has 0 unspecified atom stereocenters. The normalized spacial score (nSPS) is 10.5. The Balaban J connectivity index is 2.01. The number of carbonyl (C=O) groups excluding carboxylic acids is 3. The predicted molar refractivity (Wildman–Crippen MR) is 121 cm³/mol. The molecule has 0 bridgehead atoms. The molecule has 9 nitrogen and oxygen atoms in total. The molecule has 168 valence electrons. The maximum atomic E-state index is 12.6. The largest absolute Gasteiger partial charge is 0.462 e. The number of para-hydroxylation sites is 1. The summed E-state index contributed by atoms with van der Waals surface area (Å²) in [5.74, 6) is -1.83. The number of esters is 3. The molecule has 0 radical (unpaired) electrons. The molecule has 1 aromatic carbocycles. The summed E-state index contributed by atoms with van der Waals surface area (Å²) in [4.78, 5) is 41.7. The fourth-order valence-electron chi connectivity index (χ4n) is 2.97. The number of hydrazine groups is 1. The van der Waals surface area contributed by atoms with E-state index >= 15 is 0 Å². The molecule has 0 atom stereocenters. The Kier molecular flexibility index (Phi) is 7.61. The van der Waals surface area contributed by atoms with E-state index in [4.69, 9.17) is 14.2 Å². The Bertz CT molecular complexity index is 1140. The Labute approximate surface area is 188 Å². The minimum absolute atomic E-state index is 0.0545. The molecule has 10 heteroatoms. The van der Waals surface area contributed by atoms with Crippen LogP contribution in [0.2, 0.25) is 0 Å². The van der Waals surface area contributed by atoms with E-state index in [-0.39, 0.29) is 36.5 Å². The van der Waals surface area contributed by atoms with Crippen LogP contribution in [-0.2, 0) is 14.2 Å². The van der Waals surface area contributed by atoms with E-state index < -0.39 is 17.9 Å². The molecule has 32 heavy (non-hydrogen) atoms. The van der Waals surface area contributed by atoms with Crippen LogP contribution in [0.3, 0.4) is 0 Å². The van der Waals surface area contributed by atoms with Crippen molar-refractivity contribution >= 4 is 50.8 Å². The fourth-order valence-corrected chi connectivity index (χ4v) is 3.84. The van der Waals surface area contributed by atoms with Gasteiger partial charge in [-0.1, -0.05) is 18.2 Å². The number of benzene rings is 1. The van der Waals surface area contributed by atoms with Gasteiger partial charge in [-0.3, -0.25) is 15.8 Å². The second-order valence-corrected chi connectivity index (χ2v) is 7.21. The number of fused-ring (bicyclic) bond motifs is 1. The van der Waals surface area contributed by atoms with E-state index in [9.17, 15) is 14.4 Å². The number of hydrogen-bond donors (Lipinski definition) is 2. The lowest BCUT2D eigenvalue weighted by molar-refractivity contribution is 0.0481. The third-order valence-electron chi connectivity index (χ3n) is 4.34. The van der Waals surface area contributed by atoms with Gasteiger partial charge in [0.2, 0.25) is 0 Å². The Morgan fingerprint density at radius 1 is 0.875 bits per heavy atom. The summed E-state index contributed by atoms with van der Waals surface area (Å²) in [6.07, 6.45) is 1.43. The smallest absolute Gasteiger partial charge is 0.342 e. The van der Waals surface area contributed by atoms with Gasteiger partial charge in [-0.05, 0) is 26.8 Å². The number of ether oxygens (including phenoxy) is 3. The maximum Gasteiger partial charge on any atom is 0.342 e. The average molecular weight is 458 g/mol. The quantitative estimate of drug-likeness (QED) is 0.276. The molecule has 3 aromatic rings. The molecule has 0 spiro atoms. The second kappa shape index (κ2) is 10.6. The molecule has 0 aliphatic heterocycles. The van der Waals surface area contributed by atoms with Crippen molar-refractivity contribution in [3.63, 3.8) is 0 Å². The lowest BCUT2D eigenvalue weighted by Gasteiger charge is -2.15. The predicted octanol–water partition coefficient (Wildman–Crippen LogP) is 4.27. The van der Waals surface area contributed by atoms with Gasteiger partial charge in [0.1, 0.15) is 16.1 Å². The van der Waals surface area contributed by atoms with Crippen molar-refractivity contribution in [3.05, 3.63) is 52.5 Å². The van der Waals surface area contributed by atoms with Crippen LogP contribution in [0, 0.1) is 0 Å². The van der Waals surface area contributed by atoms with E-state index in [1.165, 1.54) is 11.6 Å². The van der Waals surface area contributed by atoms with Crippen LogP contribution < -0.4 is 10.9 Å². The molecule has 2 N–H and O–H groups in total. The first-order chi connectivity index (χ1) is 15.5. The van der Waals surface area contributed by atoms with Gasteiger partial charge >= 0.3 is 17.9 Å². The van der Waals surface area contributed by atoms with Gasteiger partial charge in [-0.15, -0.1) is 11.3 Å². The fraction of sp³-hybridized carbons (Fsp3) is 0.273. The van der Waals surface area contributed by atoms with Crippen molar-refractivity contribution < 1.29 is 28.6 Å². The minimum Gasteiger partial charge on any atom is -0.462 e. The molecule has 3 rings (SSSR count). The summed E-state index contributed by atoms with van der Waals surface area (Å²) in [6.45, 7) is 5.59. The summed E-state index contributed by atoms with van der Waals surface area (Å²) in [5.41, 5.74) is 7.40. The van der Waals surface area contributed by atoms with Gasteiger partial charge in [0.05, 0.1) is 36.6 Å². The van der Waals surface area contributed by atoms with Crippen molar-refractivity contribution in [3.8, 4) is 0 Å². The number of aromatic nitrogens is 1. The zero-order chi connectivity index (χ0) is 23.1. The molecule has 0 fully saturated rings. The molecule has 0 saturated heterocycles. The third kappa shape index (κ3) is 4.80. The Morgan fingerprint density at radius 2 is 1.50 bits per heavy atom. The first kappa shape index (κ1) is 23.0. The van der Waals surface area contributed by atoms with Crippen LogP contribution in [0.25, 0.3) is 10.9 Å². The van der Waals surface area contributed by atoms with Gasteiger partial charge in [0.25, 0.3) is 0 Å². The highest BCUT2D eigenvalue weighted by Crippen LogP contribution is 2.32. The van der Waals surface area contributed by atoms with Crippen LogP contribution in [0.15, 0.2) is 35.8 Å². The van der Waals surface area contributed by atoms with Gasteiger partial charge in [-0.25, -0.2) is 14.4 Å². The van der Waals surface area contributed by atoms with Crippen molar-refractivity contribution in [2.45, 2.75) is 20.8 Å². The number of pyridine rings is 1. The number of nitrogens with zero attached hydrogens (tertiary/aromatic N) is 1. The van der Waals surface area contributed by atoms with Crippen LogP contribution in [0.5, 0.6) is 0 Å². The van der Waals surface area contributed by atoms with Crippen LogP contribution >= 0.6 is 11.3 Å². The summed E-state index contributed by atoms with van der Waals surface area (Å²) in [6, 6.07) is 7.27. The number of anilines is 2. The molecule has 0 saturated carbocycles. The lowest BCUT2D eigenvalue weighted by Crippen LogP contribution is -2.18. The van der Waals surface area contributed by atoms with Gasteiger partial charge in [0, 0.05) is 17.0 Å². The van der Waals surface area contributed by atoms with Crippen molar-refractivity contribution in [2.75, 3.05) is 30.7 Å². The van der Waals surface area contributed by atoms with Crippen molar-refractivity contribution in [1.82, 2.24) is 4.98 Å². The number of thiophene rings is 1. The summed E-state index contributed by atoms with van der Waals surface area (Å²) in [7, 11) is 0. The highest BCUT2D eigenvalue weighted by atomic mass is 32.1. The van der Waals surface area contributed by atoms with Crippen molar-refractivity contribution in [2.24, 2.45) is 0 Å². The Morgan fingerprint density at radius 3 is 2.19 bits per heavy atom. The van der Waals surface area contributed by atoms with Gasteiger partial charge in [-0.2, -0.15) is 0 Å². The third-order valence-corrected chi connectivity index (χ3v) is 5.23. The van der Waals surface area contributed by atoms with E-state index in [1.54, 1.807) is 26.8 Å². The van der Waals surface area contributed by atoms with Gasteiger partial charge in [0.15, 0.2) is 0 Å². The topological polar surface area (TPSA) is 116 Å². The summed E-state index contributed by atoms with van der Waals surface area (Å²) >= 11 is 1.13.